The highest BCUT2D eigenvalue weighted by Crippen LogP contribution is 2.19. The molecule has 1 N–H and O–H groups in total. The summed E-state index contributed by atoms with van der Waals surface area (Å²) >= 11 is 5.74. The standard InChI is InChI=1S/C17H18ClFN4O3/c1-11(16(22-25-3)17(24)20-2)7-9-26-15-6-8-23(21-15)14-5-4-12(18)10-13(14)19/h4-8,10H,9H2,1-3H3,(H,20,24)/b11-7+,22-16+. The third kappa shape index (κ3) is 4.82. The Hall–Kier alpha value is -2.87. The highest BCUT2D eigenvalue weighted by atomic mass is 35.5. The quantitative estimate of drug-likeness (QED) is 0.591. The Morgan fingerprint density at radius 2 is 2.23 bits per heavy atom. The van der Waals surface area contributed by atoms with Gasteiger partial charge >= 0.3 is 0 Å². The molecule has 0 saturated heterocycles. The van der Waals surface area contributed by atoms with Gasteiger partial charge in [0.1, 0.15) is 25.2 Å². The molecular weight excluding hydrogens is 363 g/mol. The number of benzene rings is 1. The van der Waals surface area contributed by atoms with Crippen LogP contribution in [0.2, 0.25) is 5.02 Å². The lowest BCUT2D eigenvalue weighted by Gasteiger charge is -2.05. The van der Waals surface area contributed by atoms with E-state index >= 15 is 0 Å². The summed E-state index contributed by atoms with van der Waals surface area (Å²) in [6.45, 7) is 1.85. The maximum atomic E-state index is 13.9. The van der Waals surface area contributed by atoms with E-state index in [1.165, 1.54) is 31.0 Å². The zero-order chi connectivity index (χ0) is 19.1. The van der Waals surface area contributed by atoms with Crippen LogP contribution >= 0.6 is 11.6 Å². The van der Waals surface area contributed by atoms with E-state index in [4.69, 9.17) is 16.3 Å². The molecule has 1 aromatic carbocycles. The van der Waals surface area contributed by atoms with E-state index < -0.39 is 5.82 Å². The van der Waals surface area contributed by atoms with Crippen molar-refractivity contribution >= 4 is 23.2 Å². The third-order valence-electron chi connectivity index (χ3n) is 3.34. The molecule has 26 heavy (non-hydrogen) atoms. The average molecular weight is 381 g/mol. The molecule has 0 bridgehead atoms. The SMILES string of the molecule is CNC(=O)C(=N/OC)/C(C)=C/COc1ccn(-c2ccc(Cl)cc2F)n1. The molecule has 0 radical (unpaired) electrons. The fraction of sp³-hybridized carbons (Fsp3) is 0.235. The van der Waals surface area contributed by atoms with Crippen molar-refractivity contribution in [3.8, 4) is 11.6 Å². The minimum absolute atomic E-state index is 0.145. The summed E-state index contributed by atoms with van der Waals surface area (Å²) in [5.74, 6) is -0.564. The number of ether oxygens (including phenoxy) is 1. The Balaban J connectivity index is 2.05. The van der Waals surface area contributed by atoms with E-state index in [2.05, 4.69) is 20.4 Å². The van der Waals surface area contributed by atoms with Gasteiger partial charge in [-0.25, -0.2) is 9.07 Å². The molecule has 2 rings (SSSR count). The zero-order valence-electron chi connectivity index (χ0n) is 14.5. The van der Waals surface area contributed by atoms with E-state index in [9.17, 15) is 9.18 Å². The fourth-order valence-electron chi connectivity index (χ4n) is 2.04. The minimum atomic E-state index is -0.492. The lowest BCUT2D eigenvalue weighted by Crippen LogP contribution is -2.28. The van der Waals surface area contributed by atoms with Gasteiger partial charge in [-0.2, -0.15) is 0 Å². The van der Waals surface area contributed by atoms with Crippen molar-refractivity contribution in [2.45, 2.75) is 6.92 Å². The van der Waals surface area contributed by atoms with E-state index in [1.807, 2.05) is 0 Å². The molecule has 0 aliphatic heterocycles. The second kappa shape index (κ2) is 9.00. The van der Waals surface area contributed by atoms with Gasteiger partial charge < -0.3 is 14.9 Å². The van der Waals surface area contributed by atoms with Crippen LogP contribution in [-0.4, -0.2) is 42.2 Å². The Bertz CT molecular complexity index is 848. The predicted octanol–water partition coefficient (Wildman–Crippen LogP) is 2.74. The van der Waals surface area contributed by atoms with Gasteiger partial charge in [-0.1, -0.05) is 16.8 Å². The first kappa shape index (κ1) is 19.5. The summed E-state index contributed by atoms with van der Waals surface area (Å²) in [4.78, 5) is 16.4. The normalized spacial score (nSPS) is 12.0. The van der Waals surface area contributed by atoms with Crippen LogP contribution < -0.4 is 10.1 Å². The molecule has 9 heteroatoms. The maximum absolute atomic E-state index is 13.9. The van der Waals surface area contributed by atoms with Crippen LogP contribution in [0.3, 0.4) is 0 Å². The number of rotatable bonds is 7. The number of aromatic nitrogens is 2. The summed E-state index contributed by atoms with van der Waals surface area (Å²) in [7, 11) is 2.86. The maximum Gasteiger partial charge on any atom is 0.273 e. The molecule has 0 aliphatic carbocycles. The molecule has 0 aliphatic rings. The fourth-order valence-corrected chi connectivity index (χ4v) is 2.20. The number of amides is 1. The number of carbonyl (C=O) groups excluding carboxylic acids is 1. The van der Waals surface area contributed by atoms with E-state index in [0.29, 0.717) is 16.5 Å². The predicted molar refractivity (Wildman–Crippen MR) is 96.3 cm³/mol. The largest absolute Gasteiger partial charge is 0.472 e. The summed E-state index contributed by atoms with van der Waals surface area (Å²) in [6, 6.07) is 5.90. The number of nitrogens with one attached hydrogen (secondary N) is 1. The van der Waals surface area contributed by atoms with E-state index in [-0.39, 0.29) is 23.9 Å². The zero-order valence-corrected chi connectivity index (χ0v) is 15.2. The third-order valence-corrected chi connectivity index (χ3v) is 3.58. The van der Waals surface area contributed by atoms with Gasteiger partial charge in [0.2, 0.25) is 5.88 Å². The number of hydrogen-bond donors (Lipinski definition) is 1. The molecule has 1 amide bonds. The van der Waals surface area contributed by atoms with Gasteiger partial charge in [0.25, 0.3) is 5.91 Å². The molecular formula is C17H18ClFN4O3. The molecule has 1 aromatic heterocycles. The summed E-state index contributed by atoms with van der Waals surface area (Å²) in [5.41, 5.74) is 0.979. The Morgan fingerprint density at radius 3 is 2.88 bits per heavy atom. The van der Waals surface area contributed by atoms with Crippen molar-refractivity contribution in [2.24, 2.45) is 5.16 Å². The molecule has 0 unspecified atom stereocenters. The molecule has 1 heterocycles. The second-order valence-corrected chi connectivity index (χ2v) is 5.53. The van der Waals surface area contributed by atoms with E-state index in [0.717, 1.165) is 0 Å². The molecule has 0 saturated carbocycles. The lowest BCUT2D eigenvalue weighted by molar-refractivity contribution is -0.114. The average Bonchev–Trinajstić information content (AvgIpc) is 3.07. The van der Waals surface area contributed by atoms with Crippen LogP contribution in [0.15, 0.2) is 47.3 Å². The van der Waals surface area contributed by atoms with Crippen molar-refractivity contribution in [2.75, 3.05) is 20.8 Å². The minimum Gasteiger partial charge on any atom is -0.472 e. The first-order valence-electron chi connectivity index (χ1n) is 7.60. The van der Waals surface area contributed by atoms with Gasteiger partial charge in [-0.05, 0) is 36.8 Å². The number of nitrogens with zero attached hydrogens (tertiary/aromatic N) is 3. The van der Waals surface area contributed by atoms with Crippen LogP contribution in [0.5, 0.6) is 5.88 Å². The molecule has 0 atom stereocenters. The Morgan fingerprint density at radius 1 is 1.46 bits per heavy atom. The summed E-state index contributed by atoms with van der Waals surface area (Å²) < 4.78 is 20.8. The number of carbonyl (C=O) groups is 1. The van der Waals surface area contributed by atoms with E-state index in [1.54, 1.807) is 31.3 Å². The summed E-state index contributed by atoms with van der Waals surface area (Å²) in [5, 5.41) is 10.6. The van der Waals surface area contributed by atoms with Crippen LogP contribution in [0.4, 0.5) is 4.39 Å². The number of halogens is 2. The van der Waals surface area contributed by atoms with Crippen LogP contribution in [0.25, 0.3) is 5.69 Å². The van der Waals surface area contributed by atoms with Crippen molar-refractivity contribution in [3.63, 3.8) is 0 Å². The summed E-state index contributed by atoms with van der Waals surface area (Å²) in [6.07, 6.45) is 3.23. The van der Waals surface area contributed by atoms with Crippen molar-refractivity contribution in [1.82, 2.24) is 15.1 Å². The topological polar surface area (TPSA) is 77.7 Å². The van der Waals surface area contributed by atoms with Gasteiger partial charge in [0.15, 0.2) is 5.71 Å². The second-order valence-electron chi connectivity index (χ2n) is 5.09. The van der Waals surface area contributed by atoms with Gasteiger partial charge in [0, 0.05) is 24.3 Å². The smallest absolute Gasteiger partial charge is 0.273 e. The number of oxime groups is 1. The molecule has 2 aromatic rings. The lowest BCUT2D eigenvalue weighted by atomic mass is 10.1. The Labute approximate surface area is 155 Å². The molecule has 0 fully saturated rings. The molecule has 7 nitrogen and oxygen atoms in total. The first-order chi connectivity index (χ1) is 12.5. The van der Waals surface area contributed by atoms with Crippen molar-refractivity contribution < 1.29 is 18.8 Å². The van der Waals surface area contributed by atoms with Gasteiger partial charge in [0.05, 0.1) is 0 Å². The Kier molecular flexibility index (Phi) is 6.74. The molecule has 138 valence electrons. The first-order valence-corrected chi connectivity index (χ1v) is 7.98. The monoisotopic (exact) mass is 380 g/mol. The van der Waals surface area contributed by atoms with Crippen LogP contribution in [0.1, 0.15) is 6.92 Å². The van der Waals surface area contributed by atoms with Gasteiger partial charge in [-0.15, -0.1) is 5.10 Å². The highest BCUT2D eigenvalue weighted by Gasteiger charge is 2.13. The molecule has 0 spiro atoms. The van der Waals surface area contributed by atoms with Gasteiger partial charge in [-0.3, -0.25) is 4.79 Å². The number of hydrogen-bond acceptors (Lipinski definition) is 5. The highest BCUT2D eigenvalue weighted by molar-refractivity contribution is 6.44. The van der Waals surface area contributed by atoms with Crippen LogP contribution in [-0.2, 0) is 9.63 Å². The van der Waals surface area contributed by atoms with Crippen molar-refractivity contribution in [3.05, 3.63) is 53.0 Å². The van der Waals surface area contributed by atoms with Crippen molar-refractivity contribution in [1.29, 1.82) is 0 Å². The van der Waals surface area contributed by atoms with Crippen LogP contribution in [0, 0.1) is 5.82 Å².